The molecule has 0 aliphatic carbocycles. The highest BCUT2D eigenvalue weighted by molar-refractivity contribution is 6.10. The van der Waals surface area contributed by atoms with Gasteiger partial charge in [-0.25, -0.2) is 19.2 Å². The highest BCUT2D eigenvalue weighted by Gasteiger charge is 2.50. The Balaban J connectivity index is 1.27. The molecular weight excluding hydrogens is 1030 g/mol. The van der Waals surface area contributed by atoms with Crippen LogP contribution in [0.3, 0.4) is 0 Å². The van der Waals surface area contributed by atoms with Crippen molar-refractivity contribution >= 4 is 23.9 Å². The van der Waals surface area contributed by atoms with Gasteiger partial charge in [0.2, 0.25) is 23.0 Å². The van der Waals surface area contributed by atoms with Crippen LogP contribution >= 0.6 is 0 Å². The van der Waals surface area contributed by atoms with Gasteiger partial charge in [0.25, 0.3) is 0 Å². The third-order valence-corrected chi connectivity index (χ3v) is 13.1. The SMILES string of the molecule is C[C@@H]1COC(=O)c2cc(O)c(O)c(O)c2-c2c(cc(O)c(O)c2O)C(=O)O[C@H]1[C@@H]1OC(=O)c2cc(O)c(O)c(O)c2-c2c(cc(O)c(O)c2O)C(=O)O[C@@H]1[C@@H](O)c1c(O)cc2c(c1O)C[C@H](O)[C@@H](c1ccc(O)c(O)c1)O2. The molecule has 0 saturated heterocycles. The van der Waals surface area contributed by atoms with Gasteiger partial charge in [0.05, 0.1) is 40.5 Å². The first-order valence-electron chi connectivity index (χ1n) is 22.3. The van der Waals surface area contributed by atoms with Crippen molar-refractivity contribution in [2.24, 2.45) is 5.92 Å². The maximum absolute atomic E-state index is 14.8. The Morgan fingerprint density at radius 3 is 1.34 bits per heavy atom. The molecule has 402 valence electrons. The van der Waals surface area contributed by atoms with Gasteiger partial charge in [-0.05, 0) is 42.0 Å². The van der Waals surface area contributed by atoms with E-state index in [1.54, 1.807) is 0 Å². The fourth-order valence-electron chi connectivity index (χ4n) is 9.30. The Kier molecular flexibility index (Phi) is 12.5. The zero-order chi connectivity index (χ0) is 56.1. The molecule has 9 rings (SSSR count). The van der Waals surface area contributed by atoms with Gasteiger partial charge < -0.3 is 116 Å². The first-order chi connectivity index (χ1) is 36.2. The van der Waals surface area contributed by atoms with E-state index in [2.05, 4.69) is 0 Å². The Bertz CT molecular complexity index is 3550. The number of cyclic esters (lactones) is 4. The number of ether oxygens (including phenoxy) is 5. The molecule has 3 heterocycles. The Labute approximate surface area is 427 Å². The summed E-state index contributed by atoms with van der Waals surface area (Å²) in [6.07, 6.45) is -14.3. The first-order valence-corrected chi connectivity index (χ1v) is 22.3. The predicted octanol–water partition coefficient (Wildman–Crippen LogP) is 3.18. The fourth-order valence-corrected chi connectivity index (χ4v) is 9.30. The summed E-state index contributed by atoms with van der Waals surface area (Å²) < 4.78 is 28.8. The van der Waals surface area contributed by atoms with E-state index in [1.807, 2.05) is 0 Å². The van der Waals surface area contributed by atoms with Crippen LogP contribution in [0.25, 0.3) is 22.3 Å². The Hall–Kier alpha value is -10.3. The molecule has 0 amide bonds. The molecule has 3 aliphatic rings. The molecule has 27 nitrogen and oxygen atoms in total. The zero-order valence-corrected chi connectivity index (χ0v) is 38.8. The zero-order valence-electron chi connectivity index (χ0n) is 38.8. The summed E-state index contributed by atoms with van der Waals surface area (Å²) in [5, 5.41) is 198. The van der Waals surface area contributed by atoms with Crippen LogP contribution in [0, 0.1) is 5.92 Å². The van der Waals surface area contributed by atoms with E-state index in [-0.39, 0.29) is 16.9 Å². The number of carbonyl (C=O) groups is 4. The lowest BCUT2D eigenvalue weighted by Gasteiger charge is -2.38. The molecular formula is C50H40O27. The Morgan fingerprint density at radius 2 is 0.883 bits per heavy atom. The fraction of sp³-hybridized carbons (Fsp3) is 0.200. The van der Waals surface area contributed by atoms with E-state index >= 15 is 0 Å². The van der Waals surface area contributed by atoms with Crippen molar-refractivity contribution in [3.8, 4) is 120 Å². The Morgan fingerprint density at radius 1 is 0.455 bits per heavy atom. The number of carbonyl (C=O) groups excluding carboxylic acids is 4. The molecule has 0 saturated carbocycles. The quantitative estimate of drug-likeness (QED) is 0.0684. The molecule has 18 N–H and O–H groups in total. The number of phenolic OH excluding ortho intramolecular Hbond substituents is 16. The normalized spacial score (nSPS) is 20.7. The molecule has 77 heavy (non-hydrogen) atoms. The number of phenols is 16. The van der Waals surface area contributed by atoms with E-state index in [0.717, 1.165) is 25.1 Å². The van der Waals surface area contributed by atoms with Crippen molar-refractivity contribution in [1.82, 2.24) is 0 Å². The third-order valence-electron chi connectivity index (χ3n) is 13.1. The summed E-state index contributed by atoms with van der Waals surface area (Å²) in [4.78, 5) is 58.3. The van der Waals surface area contributed by atoms with Gasteiger partial charge in [-0.3, -0.25) is 0 Å². The van der Waals surface area contributed by atoms with Gasteiger partial charge in [0.15, 0.2) is 69.7 Å². The van der Waals surface area contributed by atoms with Crippen molar-refractivity contribution in [2.75, 3.05) is 6.61 Å². The minimum atomic E-state index is -2.83. The van der Waals surface area contributed by atoms with Crippen LogP contribution < -0.4 is 4.74 Å². The van der Waals surface area contributed by atoms with Crippen LogP contribution in [0.5, 0.6) is 97.7 Å². The summed E-state index contributed by atoms with van der Waals surface area (Å²) >= 11 is 0. The minimum absolute atomic E-state index is 0.0845. The number of hydrogen-bond donors (Lipinski definition) is 18. The van der Waals surface area contributed by atoms with E-state index in [4.69, 9.17) is 23.7 Å². The van der Waals surface area contributed by atoms with Crippen molar-refractivity contribution in [2.45, 2.75) is 50.0 Å². The van der Waals surface area contributed by atoms with Crippen LogP contribution in [-0.4, -0.2) is 147 Å². The molecule has 6 aromatic rings. The molecule has 3 aliphatic heterocycles. The van der Waals surface area contributed by atoms with Crippen molar-refractivity contribution in [3.05, 3.63) is 87.5 Å². The number of fused-ring (bicyclic) bond motifs is 7. The molecule has 0 spiro atoms. The molecule has 7 atom stereocenters. The average Bonchev–Trinajstić information content (AvgIpc) is 3.48. The topological polar surface area (TPSA) is 479 Å². The van der Waals surface area contributed by atoms with Gasteiger partial charge >= 0.3 is 23.9 Å². The largest absolute Gasteiger partial charge is 0.507 e. The standard InChI is InChI=1S/C50H40O27/c1-12-11-73-47(69)15-6-22(54)34(60)38(64)28(15)29-16(7-23(55)35(61)39(29)65)48(70)75-43(12)46-45(42(68)32-21(53)10-27-14(33(32)59)5-26(58)44(74-27)13-2-3-19(51)20(52)4-13)76-49(71)17-8-24(56)36(62)40(66)30(17)31-18(50(72)77-46)9-25(57)37(63)41(31)67/h2-4,6-10,12,26,42-46,51-68H,5,11H2,1H3/t12-,26+,42+,43-,44-,45-,46+/m1/s1. The van der Waals surface area contributed by atoms with Gasteiger partial charge in [-0.15, -0.1) is 0 Å². The highest BCUT2D eigenvalue weighted by atomic mass is 16.6. The van der Waals surface area contributed by atoms with Crippen molar-refractivity contribution in [3.63, 3.8) is 0 Å². The van der Waals surface area contributed by atoms with Crippen LogP contribution in [0.15, 0.2) is 48.5 Å². The lowest BCUT2D eigenvalue weighted by Crippen LogP contribution is -2.51. The number of benzene rings is 6. The first kappa shape index (κ1) is 51.6. The molecule has 0 radical (unpaired) electrons. The van der Waals surface area contributed by atoms with E-state index in [9.17, 15) is 111 Å². The summed E-state index contributed by atoms with van der Waals surface area (Å²) in [6.45, 7) is 0.0394. The molecule has 0 aromatic heterocycles. The molecule has 0 bridgehead atoms. The summed E-state index contributed by atoms with van der Waals surface area (Å²) in [7, 11) is 0. The third kappa shape index (κ3) is 8.26. The lowest BCUT2D eigenvalue weighted by atomic mass is 9.87. The lowest BCUT2D eigenvalue weighted by molar-refractivity contribution is -0.135. The second-order valence-corrected chi connectivity index (χ2v) is 17.9. The van der Waals surface area contributed by atoms with E-state index < -0.39 is 222 Å². The minimum Gasteiger partial charge on any atom is -0.507 e. The van der Waals surface area contributed by atoms with Crippen molar-refractivity contribution < 1.29 is 135 Å². The van der Waals surface area contributed by atoms with Crippen LogP contribution in [0.2, 0.25) is 0 Å². The smallest absolute Gasteiger partial charge is 0.339 e. The number of aliphatic hydroxyl groups excluding tert-OH is 2. The summed E-state index contributed by atoms with van der Waals surface area (Å²) in [6, 6.07) is 5.89. The van der Waals surface area contributed by atoms with Crippen molar-refractivity contribution in [1.29, 1.82) is 0 Å². The average molecular weight is 1070 g/mol. The highest BCUT2D eigenvalue weighted by Crippen LogP contribution is 2.56. The summed E-state index contributed by atoms with van der Waals surface area (Å²) in [5.74, 6) is -29.1. The number of rotatable bonds is 4. The van der Waals surface area contributed by atoms with Gasteiger partial charge in [-0.1, -0.05) is 13.0 Å². The molecule has 27 heteroatoms. The number of hydrogen-bond acceptors (Lipinski definition) is 27. The second-order valence-electron chi connectivity index (χ2n) is 17.9. The maximum Gasteiger partial charge on any atom is 0.339 e. The van der Waals surface area contributed by atoms with Gasteiger partial charge in [0.1, 0.15) is 35.6 Å². The predicted molar refractivity (Wildman–Crippen MR) is 248 cm³/mol. The second kappa shape index (κ2) is 18.6. The molecule has 0 fully saturated rings. The maximum atomic E-state index is 14.8. The number of esters is 4. The summed E-state index contributed by atoms with van der Waals surface area (Å²) in [5.41, 5.74) is -10.1. The number of aromatic hydroxyl groups is 16. The van der Waals surface area contributed by atoms with Gasteiger partial charge in [0, 0.05) is 46.2 Å². The van der Waals surface area contributed by atoms with Crippen LogP contribution in [0.1, 0.15) is 77.3 Å². The van der Waals surface area contributed by atoms with Crippen LogP contribution in [-0.2, 0) is 25.4 Å². The molecule has 0 unspecified atom stereocenters. The number of aliphatic hydroxyl groups is 2. The van der Waals surface area contributed by atoms with E-state index in [1.165, 1.54) is 6.07 Å². The van der Waals surface area contributed by atoms with Gasteiger partial charge in [-0.2, -0.15) is 0 Å². The monoisotopic (exact) mass is 1070 g/mol. The van der Waals surface area contributed by atoms with E-state index in [0.29, 0.717) is 24.3 Å². The van der Waals surface area contributed by atoms with Crippen LogP contribution in [0.4, 0.5) is 0 Å². The molecule has 6 aromatic carbocycles.